The van der Waals surface area contributed by atoms with Crippen molar-refractivity contribution in [1.29, 1.82) is 0 Å². The average molecular weight is 394 g/mol. The van der Waals surface area contributed by atoms with E-state index in [1.54, 1.807) is 24.3 Å². The van der Waals surface area contributed by atoms with E-state index in [1.165, 1.54) is 0 Å². The van der Waals surface area contributed by atoms with Crippen LogP contribution in [0.3, 0.4) is 0 Å². The van der Waals surface area contributed by atoms with Crippen LogP contribution in [0.4, 0.5) is 0 Å². The number of amides is 1. The highest BCUT2D eigenvalue weighted by atomic mass is 35.5. The number of hydrogen-bond donors (Lipinski definition) is 2. The molecule has 0 atom stereocenters. The maximum Gasteiger partial charge on any atom is 0.311 e. The minimum Gasteiger partial charge on any atom is -0.481 e. The van der Waals surface area contributed by atoms with Gasteiger partial charge in [0.05, 0.1) is 5.41 Å². The second-order valence-corrected chi connectivity index (χ2v) is 6.93. The molecule has 0 unspecified atom stereocenters. The quantitative estimate of drug-likeness (QED) is 0.741. The molecule has 1 fully saturated rings. The van der Waals surface area contributed by atoms with E-state index in [0.29, 0.717) is 42.8 Å². The number of halogens is 1. The summed E-state index contributed by atoms with van der Waals surface area (Å²) < 4.78 is 10.4. The zero-order valence-corrected chi connectivity index (χ0v) is 15.4. The van der Waals surface area contributed by atoms with Gasteiger partial charge in [0.1, 0.15) is 0 Å². The third-order valence-electron chi connectivity index (χ3n) is 4.66. The number of carbonyl (C=O) groups excluding carboxylic acids is 1. The van der Waals surface area contributed by atoms with Crippen LogP contribution in [-0.2, 0) is 20.7 Å². The SMILES string of the molecule is O=C(CCc1nc(-c2ccc(Cl)cc2)no1)NCC1(C(=O)O)CCOCC1. The molecule has 1 saturated heterocycles. The molecule has 1 aliphatic rings. The molecular weight excluding hydrogens is 374 g/mol. The molecule has 0 radical (unpaired) electrons. The van der Waals surface area contributed by atoms with E-state index >= 15 is 0 Å². The maximum atomic E-state index is 12.1. The molecule has 1 aromatic heterocycles. The summed E-state index contributed by atoms with van der Waals surface area (Å²) in [5.41, 5.74) is -0.193. The number of aryl methyl sites for hydroxylation is 1. The first kappa shape index (κ1) is 19.3. The lowest BCUT2D eigenvalue weighted by Gasteiger charge is -2.33. The number of hydrogen-bond acceptors (Lipinski definition) is 6. The van der Waals surface area contributed by atoms with E-state index in [9.17, 15) is 14.7 Å². The van der Waals surface area contributed by atoms with Gasteiger partial charge in [0.25, 0.3) is 0 Å². The molecule has 2 aromatic rings. The first-order valence-electron chi connectivity index (χ1n) is 8.65. The molecule has 1 aliphatic heterocycles. The summed E-state index contributed by atoms with van der Waals surface area (Å²) in [6.07, 6.45) is 1.18. The number of nitrogens with zero attached hydrogens (tertiary/aromatic N) is 2. The molecule has 8 nitrogen and oxygen atoms in total. The van der Waals surface area contributed by atoms with Crippen molar-refractivity contribution in [2.24, 2.45) is 5.41 Å². The molecule has 1 amide bonds. The molecule has 2 heterocycles. The molecule has 2 N–H and O–H groups in total. The van der Waals surface area contributed by atoms with Gasteiger partial charge in [-0.3, -0.25) is 9.59 Å². The molecular formula is C18H20ClN3O5. The van der Waals surface area contributed by atoms with Gasteiger partial charge >= 0.3 is 5.97 Å². The average Bonchev–Trinajstić information content (AvgIpc) is 3.15. The Hall–Kier alpha value is -2.45. The van der Waals surface area contributed by atoms with Crippen LogP contribution in [0.2, 0.25) is 5.02 Å². The predicted octanol–water partition coefficient (Wildman–Crippen LogP) is 2.32. The first-order chi connectivity index (χ1) is 13.0. The number of ether oxygens (including phenoxy) is 1. The van der Waals surface area contributed by atoms with Crippen molar-refractivity contribution in [1.82, 2.24) is 15.5 Å². The number of nitrogens with one attached hydrogen (secondary N) is 1. The third-order valence-corrected chi connectivity index (χ3v) is 4.92. The van der Waals surface area contributed by atoms with Gasteiger partial charge in [0.15, 0.2) is 0 Å². The van der Waals surface area contributed by atoms with Crippen LogP contribution in [0.15, 0.2) is 28.8 Å². The number of carbonyl (C=O) groups is 2. The Morgan fingerprint density at radius 3 is 2.59 bits per heavy atom. The summed E-state index contributed by atoms with van der Waals surface area (Å²) in [6.45, 7) is 0.861. The van der Waals surface area contributed by atoms with Crippen LogP contribution in [0.1, 0.15) is 25.2 Å². The van der Waals surface area contributed by atoms with Crippen molar-refractivity contribution in [3.05, 3.63) is 35.2 Å². The van der Waals surface area contributed by atoms with E-state index in [1.807, 2.05) is 0 Å². The van der Waals surface area contributed by atoms with Gasteiger partial charge in [-0.1, -0.05) is 16.8 Å². The van der Waals surface area contributed by atoms with Gasteiger partial charge in [0, 0.05) is 43.2 Å². The molecule has 1 aromatic carbocycles. The highest BCUT2D eigenvalue weighted by Gasteiger charge is 2.40. The van der Waals surface area contributed by atoms with Gasteiger partial charge < -0.3 is 19.7 Å². The lowest BCUT2D eigenvalue weighted by molar-refractivity contribution is -0.154. The lowest BCUT2D eigenvalue weighted by Crippen LogP contribution is -2.46. The number of carboxylic acids is 1. The summed E-state index contributed by atoms with van der Waals surface area (Å²) in [6, 6.07) is 7.02. The fraction of sp³-hybridized carbons (Fsp3) is 0.444. The van der Waals surface area contributed by atoms with Gasteiger partial charge in [-0.05, 0) is 37.1 Å². The molecule has 0 saturated carbocycles. The Bertz CT molecular complexity index is 800. The largest absolute Gasteiger partial charge is 0.481 e. The second kappa shape index (κ2) is 8.49. The topological polar surface area (TPSA) is 115 Å². The van der Waals surface area contributed by atoms with Crippen LogP contribution in [0.5, 0.6) is 0 Å². The monoisotopic (exact) mass is 393 g/mol. The summed E-state index contributed by atoms with van der Waals surface area (Å²) in [4.78, 5) is 27.9. The number of benzene rings is 1. The van der Waals surface area contributed by atoms with E-state index in [2.05, 4.69) is 15.5 Å². The van der Waals surface area contributed by atoms with Crippen LogP contribution >= 0.6 is 11.6 Å². The fourth-order valence-electron chi connectivity index (χ4n) is 2.88. The first-order valence-corrected chi connectivity index (χ1v) is 9.03. The normalized spacial score (nSPS) is 16.0. The van der Waals surface area contributed by atoms with Crippen molar-refractivity contribution >= 4 is 23.5 Å². The van der Waals surface area contributed by atoms with Crippen LogP contribution < -0.4 is 5.32 Å². The summed E-state index contributed by atoms with van der Waals surface area (Å²) in [5.74, 6) is -0.396. The molecule has 27 heavy (non-hydrogen) atoms. The third kappa shape index (κ3) is 4.84. The Morgan fingerprint density at radius 2 is 1.93 bits per heavy atom. The van der Waals surface area contributed by atoms with Gasteiger partial charge in [-0.15, -0.1) is 0 Å². The zero-order valence-electron chi connectivity index (χ0n) is 14.6. The summed E-state index contributed by atoms with van der Waals surface area (Å²) >= 11 is 5.85. The highest BCUT2D eigenvalue weighted by Crippen LogP contribution is 2.30. The lowest BCUT2D eigenvalue weighted by atomic mass is 9.80. The molecule has 0 aliphatic carbocycles. The number of aliphatic carboxylic acids is 1. The van der Waals surface area contributed by atoms with Crippen molar-refractivity contribution in [2.75, 3.05) is 19.8 Å². The van der Waals surface area contributed by atoms with Crippen molar-refractivity contribution in [2.45, 2.75) is 25.7 Å². The molecule has 144 valence electrons. The smallest absolute Gasteiger partial charge is 0.311 e. The summed E-state index contributed by atoms with van der Waals surface area (Å²) in [5, 5.41) is 16.7. The van der Waals surface area contributed by atoms with E-state index in [0.717, 1.165) is 5.56 Å². The highest BCUT2D eigenvalue weighted by molar-refractivity contribution is 6.30. The van der Waals surface area contributed by atoms with Crippen LogP contribution in [0.25, 0.3) is 11.4 Å². The maximum absolute atomic E-state index is 12.1. The zero-order chi connectivity index (χ0) is 19.3. The van der Waals surface area contributed by atoms with Gasteiger partial charge in [0.2, 0.25) is 17.6 Å². The molecule has 9 heteroatoms. The Labute approximate surface area is 160 Å². The predicted molar refractivity (Wildman–Crippen MR) is 96.2 cm³/mol. The van der Waals surface area contributed by atoms with Gasteiger partial charge in [-0.2, -0.15) is 4.98 Å². The Balaban J connectivity index is 1.50. The van der Waals surface area contributed by atoms with E-state index in [-0.39, 0.29) is 25.3 Å². The number of rotatable bonds is 7. The van der Waals surface area contributed by atoms with Crippen molar-refractivity contribution < 1.29 is 24.0 Å². The fourth-order valence-corrected chi connectivity index (χ4v) is 3.00. The van der Waals surface area contributed by atoms with Crippen molar-refractivity contribution in [3.63, 3.8) is 0 Å². The Morgan fingerprint density at radius 1 is 1.22 bits per heavy atom. The van der Waals surface area contributed by atoms with Crippen LogP contribution in [0, 0.1) is 5.41 Å². The second-order valence-electron chi connectivity index (χ2n) is 6.49. The standard InChI is InChI=1S/C18H20ClN3O5/c19-13-3-1-12(2-4-13)16-21-15(27-22-16)6-5-14(23)20-11-18(17(24)25)7-9-26-10-8-18/h1-4H,5-11H2,(H,20,23)(H,24,25). The molecule has 0 bridgehead atoms. The minimum absolute atomic E-state index is 0.0877. The van der Waals surface area contributed by atoms with Crippen LogP contribution in [-0.4, -0.2) is 46.9 Å². The molecule has 3 rings (SSSR count). The number of aromatic nitrogens is 2. The summed E-state index contributed by atoms with van der Waals surface area (Å²) in [7, 11) is 0. The van der Waals surface area contributed by atoms with Gasteiger partial charge in [-0.25, -0.2) is 0 Å². The Kier molecular flexibility index (Phi) is 6.08. The number of carboxylic acid groups (broad SMARTS) is 1. The van der Waals surface area contributed by atoms with Crippen molar-refractivity contribution in [3.8, 4) is 11.4 Å². The molecule has 0 spiro atoms. The van der Waals surface area contributed by atoms with E-state index < -0.39 is 11.4 Å². The minimum atomic E-state index is -0.958. The van der Waals surface area contributed by atoms with E-state index in [4.69, 9.17) is 20.9 Å².